The van der Waals surface area contributed by atoms with Gasteiger partial charge in [0, 0.05) is 27.4 Å². The molecule has 0 bridgehead atoms. The van der Waals surface area contributed by atoms with Crippen molar-refractivity contribution >= 4 is 18.9 Å². The van der Waals surface area contributed by atoms with E-state index >= 15 is 0 Å². The molecule has 1 N–H and O–H groups in total. The molecular formula is C7H17F3O6SSi. The second-order valence-corrected chi connectivity index (χ2v) is 7.47. The summed E-state index contributed by atoms with van der Waals surface area (Å²) in [5.74, 6) is 0. The molecule has 0 aliphatic rings. The maximum Gasteiger partial charge on any atom is 0.522 e. The van der Waals surface area contributed by atoms with Crippen molar-refractivity contribution in [1.82, 2.24) is 0 Å². The van der Waals surface area contributed by atoms with Crippen LogP contribution in [0.5, 0.6) is 0 Å². The Morgan fingerprint density at radius 3 is 1.44 bits per heavy atom. The van der Waals surface area contributed by atoms with Crippen molar-refractivity contribution in [3.05, 3.63) is 0 Å². The monoisotopic (exact) mass is 314 g/mol. The summed E-state index contributed by atoms with van der Waals surface area (Å²) in [5, 5.41) is 0. The minimum atomic E-state index is -5.84. The largest absolute Gasteiger partial charge is 0.522 e. The van der Waals surface area contributed by atoms with Gasteiger partial charge in [-0.25, -0.2) is 0 Å². The number of hydrogen-bond donors (Lipinski definition) is 1. The predicted octanol–water partition coefficient (Wildman–Crippen LogP) is 1.67. The van der Waals surface area contributed by atoms with Crippen LogP contribution in [-0.2, 0) is 23.4 Å². The van der Waals surface area contributed by atoms with E-state index in [0.29, 0.717) is 0 Å². The van der Waals surface area contributed by atoms with Gasteiger partial charge in [-0.1, -0.05) is 13.3 Å². The molecular weight excluding hydrogens is 297 g/mol. The smallest absolute Gasteiger partial charge is 0.377 e. The second-order valence-electron chi connectivity index (χ2n) is 2.97. The van der Waals surface area contributed by atoms with Crippen LogP contribution in [0.25, 0.3) is 0 Å². The molecule has 0 aromatic heterocycles. The van der Waals surface area contributed by atoms with Gasteiger partial charge in [-0.2, -0.15) is 21.6 Å². The first-order valence-corrected chi connectivity index (χ1v) is 8.06. The quantitative estimate of drug-likeness (QED) is 0.472. The molecule has 0 amide bonds. The van der Waals surface area contributed by atoms with Crippen molar-refractivity contribution < 1.29 is 39.4 Å². The van der Waals surface area contributed by atoms with Gasteiger partial charge in [-0.05, 0) is 0 Å². The number of hydrogen-bond acceptors (Lipinski definition) is 5. The first kappa shape index (κ1) is 20.1. The molecule has 0 aliphatic carbocycles. The van der Waals surface area contributed by atoms with Crippen molar-refractivity contribution in [2.45, 2.75) is 24.9 Å². The molecule has 0 aromatic rings. The Kier molecular flexibility index (Phi) is 9.02. The Morgan fingerprint density at radius 2 is 1.39 bits per heavy atom. The van der Waals surface area contributed by atoms with E-state index < -0.39 is 24.4 Å². The molecule has 0 heterocycles. The molecule has 0 aromatic carbocycles. The highest BCUT2D eigenvalue weighted by atomic mass is 32.2. The molecule has 0 aliphatic heterocycles. The Bertz CT molecular complexity index is 305. The second kappa shape index (κ2) is 8.07. The Balaban J connectivity index is 0. The van der Waals surface area contributed by atoms with Crippen LogP contribution in [0.1, 0.15) is 13.3 Å². The maximum absolute atomic E-state index is 10.7. The Labute approximate surface area is 105 Å². The molecule has 0 saturated heterocycles. The van der Waals surface area contributed by atoms with Crippen molar-refractivity contribution in [1.29, 1.82) is 0 Å². The molecule has 0 saturated carbocycles. The lowest BCUT2D eigenvalue weighted by atomic mass is 10.6. The number of alkyl halides is 3. The van der Waals surface area contributed by atoms with Gasteiger partial charge < -0.3 is 13.3 Å². The lowest BCUT2D eigenvalue weighted by molar-refractivity contribution is -0.0510. The van der Waals surface area contributed by atoms with Gasteiger partial charge in [0.25, 0.3) is 0 Å². The van der Waals surface area contributed by atoms with Gasteiger partial charge in [-0.15, -0.1) is 0 Å². The van der Waals surface area contributed by atoms with Crippen molar-refractivity contribution in [3.63, 3.8) is 0 Å². The third-order valence-electron chi connectivity index (χ3n) is 1.78. The van der Waals surface area contributed by atoms with Crippen LogP contribution in [-0.4, -0.2) is 48.6 Å². The van der Waals surface area contributed by atoms with E-state index in [2.05, 4.69) is 6.92 Å². The summed E-state index contributed by atoms with van der Waals surface area (Å²) in [4.78, 5) is 0. The minimum Gasteiger partial charge on any atom is -0.377 e. The lowest BCUT2D eigenvalue weighted by Gasteiger charge is -2.23. The molecule has 0 unspecified atom stereocenters. The molecule has 0 rings (SSSR count). The maximum atomic E-state index is 10.7. The molecule has 0 spiro atoms. The molecule has 6 nitrogen and oxygen atoms in total. The van der Waals surface area contributed by atoms with E-state index in [9.17, 15) is 13.2 Å². The summed E-state index contributed by atoms with van der Waals surface area (Å²) >= 11 is 0. The van der Waals surface area contributed by atoms with Crippen LogP contribution >= 0.6 is 0 Å². The van der Waals surface area contributed by atoms with Crippen LogP contribution in [0.2, 0.25) is 6.04 Å². The normalized spacial score (nSPS) is 12.9. The van der Waals surface area contributed by atoms with E-state index in [1.807, 2.05) is 0 Å². The summed E-state index contributed by atoms with van der Waals surface area (Å²) in [5.41, 5.74) is -5.53. The van der Waals surface area contributed by atoms with E-state index in [4.69, 9.17) is 26.2 Å². The first-order valence-electron chi connectivity index (χ1n) is 4.68. The van der Waals surface area contributed by atoms with Gasteiger partial charge in [0.15, 0.2) is 0 Å². The van der Waals surface area contributed by atoms with Gasteiger partial charge in [0.1, 0.15) is 0 Å². The molecule has 0 fully saturated rings. The van der Waals surface area contributed by atoms with E-state index in [0.717, 1.165) is 12.5 Å². The summed E-state index contributed by atoms with van der Waals surface area (Å²) in [6.07, 6.45) is 1.03. The molecule has 11 heteroatoms. The summed E-state index contributed by atoms with van der Waals surface area (Å²) in [7, 11) is -3.16. The van der Waals surface area contributed by atoms with Gasteiger partial charge in [0.05, 0.1) is 0 Å². The predicted molar refractivity (Wildman–Crippen MR) is 59.5 cm³/mol. The van der Waals surface area contributed by atoms with Crippen molar-refractivity contribution in [3.8, 4) is 0 Å². The number of rotatable bonds is 5. The van der Waals surface area contributed by atoms with E-state index in [1.165, 1.54) is 0 Å². The lowest BCUT2D eigenvalue weighted by Crippen LogP contribution is -2.42. The zero-order valence-corrected chi connectivity index (χ0v) is 12.3. The zero-order valence-electron chi connectivity index (χ0n) is 10.4. The fourth-order valence-electron chi connectivity index (χ4n) is 0.862. The fraction of sp³-hybridized carbons (Fsp3) is 1.00. The standard InChI is InChI=1S/C6H16O3Si.CHF3O3S/c1-5-6-10(7-2,8-3)9-4;2-1(3,4)8(5,6)7/h5-6H2,1-4H3;(H,5,6,7). The van der Waals surface area contributed by atoms with E-state index in [-0.39, 0.29) is 0 Å². The molecule has 18 heavy (non-hydrogen) atoms. The summed E-state index contributed by atoms with van der Waals surface area (Å²) in [6, 6.07) is 0.885. The fourth-order valence-corrected chi connectivity index (χ4v) is 2.59. The number of halogens is 3. The SMILES string of the molecule is CCC[Si](OC)(OC)OC.O=S(=O)(O)C(F)(F)F. The first-order chi connectivity index (χ1) is 7.99. The highest BCUT2D eigenvalue weighted by Gasteiger charge is 2.44. The molecule has 0 atom stereocenters. The third kappa shape index (κ3) is 7.28. The molecule has 112 valence electrons. The van der Waals surface area contributed by atoms with Crippen molar-refractivity contribution in [2.75, 3.05) is 21.3 Å². The molecule has 0 radical (unpaired) electrons. The van der Waals surface area contributed by atoms with Gasteiger partial charge in [0.2, 0.25) is 0 Å². The Morgan fingerprint density at radius 1 is 1.11 bits per heavy atom. The average molecular weight is 314 g/mol. The van der Waals surface area contributed by atoms with E-state index in [1.54, 1.807) is 21.3 Å². The highest BCUT2D eigenvalue weighted by Crippen LogP contribution is 2.20. The summed E-state index contributed by atoms with van der Waals surface area (Å²) < 4.78 is 73.1. The van der Waals surface area contributed by atoms with Gasteiger partial charge >= 0.3 is 24.4 Å². The minimum absolute atomic E-state index is 0.885. The highest BCUT2D eigenvalue weighted by molar-refractivity contribution is 7.86. The topological polar surface area (TPSA) is 82.1 Å². The Hall–Kier alpha value is -0.203. The van der Waals surface area contributed by atoms with Crippen LogP contribution in [0.4, 0.5) is 13.2 Å². The zero-order chi connectivity index (χ0) is 15.0. The van der Waals surface area contributed by atoms with Crippen LogP contribution in [0.15, 0.2) is 0 Å². The van der Waals surface area contributed by atoms with Gasteiger partial charge in [-0.3, -0.25) is 4.55 Å². The summed E-state index contributed by atoms with van der Waals surface area (Å²) in [6.45, 7) is 2.08. The van der Waals surface area contributed by atoms with Crippen LogP contribution in [0.3, 0.4) is 0 Å². The third-order valence-corrected chi connectivity index (χ3v) is 5.35. The van der Waals surface area contributed by atoms with Crippen molar-refractivity contribution in [2.24, 2.45) is 0 Å². The van der Waals surface area contributed by atoms with Crippen LogP contribution in [0, 0.1) is 0 Å². The average Bonchev–Trinajstić information content (AvgIpc) is 2.24. The van der Waals surface area contributed by atoms with Crippen LogP contribution < -0.4 is 0 Å².